The van der Waals surface area contributed by atoms with E-state index in [0.29, 0.717) is 5.25 Å². The summed E-state index contributed by atoms with van der Waals surface area (Å²) in [5, 5.41) is 11.8. The fourth-order valence-electron chi connectivity index (χ4n) is 2.00. The highest BCUT2D eigenvalue weighted by Crippen LogP contribution is 2.27. The fourth-order valence-corrected chi connectivity index (χ4v) is 3.07. The SMILES string of the molecule is C=C/C=C\C(=C\OC)CC1CN=C(Nc2ccccc2)S1.CO.O. The molecule has 1 aromatic carbocycles. The van der Waals surface area contributed by atoms with Gasteiger partial charge in [0.2, 0.25) is 0 Å². The number of ether oxygens (including phenoxy) is 1. The average Bonchev–Trinajstić information content (AvgIpc) is 3.02. The number of nitrogens with one attached hydrogen (secondary N) is 1. The maximum absolute atomic E-state index is 7.00. The number of rotatable bonds is 6. The van der Waals surface area contributed by atoms with Gasteiger partial charge in [0.15, 0.2) is 5.17 Å². The van der Waals surface area contributed by atoms with Gasteiger partial charge >= 0.3 is 0 Å². The van der Waals surface area contributed by atoms with Crippen LogP contribution in [0.25, 0.3) is 0 Å². The fraction of sp³-hybridized carbons (Fsp3) is 0.278. The van der Waals surface area contributed by atoms with Gasteiger partial charge in [-0.2, -0.15) is 0 Å². The molecule has 1 aliphatic heterocycles. The molecule has 4 N–H and O–H groups in total. The molecule has 0 spiro atoms. The molecule has 6 heteroatoms. The van der Waals surface area contributed by atoms with Gasteiger partial charge in [-0.15, -0.1) is 0 Å². The lowest BCUT2D eigenvalue weighted by Gasteiger charge is -2.10. The van der Waals surface area contributed by atoms with Gasteiger partial charge in [-0.3, -0.25) is 4.99 Å². The van der Waals surface area contributed by atoms with Crippen LogP contribution in [-0.4, -0.2) is 41.8 Å². The number of thioether (sulfide) groups is 1. The third kappa shape index (κ3) is 8.01. The predicted molar refractivity (Wildman–Crippen MR) is 105 cm³/mol. The number of anilines is 1. The van der Waals surface area contributed by atoms with E-state index in [-0.39, 0.29) is 5.48 Å². The molecule has 2 rings (SSSR count). The molecule has 1 unspecified atom stereocenters. The molecule has 0 saturated carbocycles. The molecule has 0 aliphatic carbocycles. The highest BCUT2D eigenvalue weighted by molar-refractivity contribution is 8.15. The van der Waals surface area contributed by atoms with Crippen LogP contribution in [0.2, 0.25) is 0 Å². The second-order valence-electron chi connectivity index (χ2n) is 4.60. The van der Waals surface area contributed by atoms with E-state index in [1.54, 1.807) is 31.2 Å². The minimum absolute atomic E-state index is 0. The van der Waals surface area contributed by atoms with E-state index in [1.807, 2.05) is 42.5 Å². The highest BCUT2D eigenvalue weighted by atomic mass is 32.2. The predicted octanol–water partition coefficient (Wildman–Crippen LogP) is 3.02. The number of hydrogen-bond donors (Lipinski definition) is 2. The van der Waals surface area contributed by atoms with Crippen LogP contribution in [0.3, 0.4) is 0 Å². The summed E-state index contributed by atoms with van der Waals surface area (Å²) >= 11 is 1.78. The first-order valence-electron chi connectivity index (χ1n) is 7.30. The lowest BCUT2D eigenvalue weighted by molar-refractivity contribution is 0.334. The van der Waals surface area contributed by atoms with Crippen molar-refractivity contribution in [2.75, 3.05) is 26.1 Å². The minimum atomic E-state index is 0. The second kappa shape index (κ2) is 13.4. The third-order valence-corrected chi connectivity index (χ3v) is 4.02. The van der Waals surface area contributed by atoms with Gasteiger partial charge < -0.3 is 20.6 Å². The summed E-state index contributed by atoms with van der Waals surface area (Å²) in [5.74, 6) is 0. The second-order valence-corrected chi connectivity index (χ2v) is 5.89. The van der Waals surface area contributed by atoms with Gasteiger partial charge in [0, 0.05) is 18.0 Å². The van der Waals surface area contributed by atoms with Gasteiger partial charge in [-0.25, -0.2) is 0 Å². The van der Waals surface area contributed by atoms with Crippen LogP contribution < -0.4 is 5.32 Å². The maximum atomic E-state index is 7.00. The van der Waals surface area contributed by atoms with E-state index in [9.17, 15) is 0 Å². The van der Waals surface area contributed by atoms with Crippen LogP contribution in [0.4, 0.5) is 5.69 Å². The smallest absolute Gasteiger partial charge is 0.161 e. The van der Waals surface area contributed by atoms with Gasteiger partial charge in [0.05, 0.1) is 19.9 Å². The van der Waals surface area contributed by atoms with E-state index < -0.39 is 0 Å². The molecule has 1 atom stereocenters. The molecule has 0 aromatic heterocycles. The molecule has 1 heterocycles. The molecule has 132 valence electrons. The average molecular weight is 350 g/mol. The number of methoxy groups -OCH3 is 1. The molecule has 1 aromatic rings. The van der Waals surface area contributed by atoms with Gasteiger partial charge in [0.1, 0.15) is 0 Å². The summed E-state index contributed by atoms with van der Waals surface area (Å²) in [7, 11) is 2.67. The zero-order valence-corrected chi connectivity index (χ0v) is 14.9. The van der Waals surface area contributed by atoms with Gasteiger partial charge in [-0.05, 0) is 24.1 Å². The standard InChI is InChI=1S/C17H20N2OS.CH4O.H2O/c1-3-4-8-14(13-20-2)11-16-12-18-17(21-16)19-15-9-6-5-7-10-15;1-2;/h3-10,13,16H,1,11-12H2,2H3,(H,18,19);2H,1H3;1H2/b8-4-,14-13-;;. The minimum Gasteiger partial charge on any atom is -0.504 e. The summed E-state index contributed by atoms with van der Waals surface area (Å²) in [4.78, 5) is 4.56. The van der Waals surface area contributed by atoms with E-state index in [0.717, 1.165) is 36.5 Å². The van der Waals surface area contributed by atoms with Gasteiger partial charge in [-0.1, -0.05) is 54.8 Å². The zero-order valence-electron chi connectivity index (χ0n) is 14.1. The van der Waals surface area contributed by atoms with Crippen molar-refractivity contribution >= 4 is 22.6 Å². The van der Waals surface area contributed by atoms with E-state index >= 15 is 0 Å². The summed E-state index contributed by atoms with van der Waals surface area (Å²) in [6.07, 6.45) is 8.42. The van der Waals surface area contributed by atoms with Crippen LogP contribution in [0.5, 0.6) is 0 Å². The Bertz CT molecular complexity index is 557. The van der Waals surface area contributed by atoms with Crippen molar-refractivity contribution in [3.63, 3.8) is 0 Å². The number of aliphatic hydroxyl groups is 1. The van der Waals surface area contributed by atoms with E-state index in [2.05, 4.69) is 16.9 Å². The topological polar surface area (TPSA) is 85.3 Å². The Labute approximate surface area is 148 Å². The Morgan fingerprint density at radius 3 is 2.75 bits per heavy atom. The Kier molecular flexibility index (Phi) is 12.3. The molecule has 1 aliphatic rings. The molecule has 5 nitrogen and oxygen atoms in total. The molecule has 0 saturated heterocycles. The van der Waals surface area contributed by atoms with Crippen molar-refractivity contribution in [2.45, 2.75) is 11.7 Å². The highest BCUT2D eigenvalue weighted by Gasteiger charge is 2.20. The molecule has 24 heavy (non-hydrogen) atoms. The van der Waals surface area contributed by atoms with Crippen molar-refractivity contribution in [3.05, 3.63) is 67.0 Å². The van der Waals surface area contributed by atoms with Crippen molar-refractivity contribution in [2.24, 2.45) is 4.99 Å². The number of aliphatic hydroxyl groups excluding tert-OH is 1. The summed E-state index contributed by atoms with van der Waals surface area (Å²) < 4.78 is 5.12. The largest absolute Gasteiger partial charge is 0.504 e. The number of benzene rings is 1. The summed E-state index contributed by atoms with van der Waals surface area (Å²) in [6, 6.07) is 10.1. The Morgan fingerprint density at radius 2 is 2.12 bits per heavy atom. The Balaban J connectivity index is 0.00000170. The number of nitrogens with zero attached hydrogens (tertiary/aromatic N) is 1. The lowest BCUT2D eigenvalue weighted by atomic mass is 10.1. The number of hydrogen-bond acceptors (Lipinski definition) is 5. The quantitative estimate of drug-likeness (QED) is 0.610. The van der Waals surface area contributed by atoms with E-state index in [4.69, 9.17) is 9.84 Å². The summed E-state index contributed by atoms with van der Waals surface area (Å²) in [5.41, 5.74) is 2.22. The summed E-state index contributed by atoms with van der Waals surface area (Å²) in [6.45, 7) is 4.51. The Morgan fingerprint density at radius 1 is 1.42 bits per heavy atom. The zero-order chi connectivity index (χ0) is 16.9. The normalized spacial score (nSPS) is 16.5. The van der Waals surface area contributed by atoms with Crippen LogP contribution in [0.1, 0.15) is 6.42 Å². The molecule has 0 radical (unpaired) electrons. The van der Waals surface area contributed by atoms with Crippen LogP contribution in [-0.2, 0) is 4.74 Å². The van der Waals surface area contributed by atoms with Crippen LogP contribution in [0, 0.1) is 0 Å². The van der Waals surface area contributed by atoms with Crippen LogP contribution >= 0.6 is 11.8 Å². The first-order valence-corrected chi connectivity index (χ1v) is 8.18. The third-order valence-electron chi connectivity index (χ3n) is 2.92. The lowest BCUT2D eigenvalue weighted by Crippen LogP contribution is -2.08. The Hall–Kier alpha value is -2.02. The number of allylic oxidation sites excluding steroid dienone is 4. The molecular formula is C18H26N2O3S. The van der Waals surface area contributed by atoms with Crippen molar-refractivity contribution in [1.29, 1.82) is 0 Å². The van der Waals surface area contributed by atoms with Crippen molar-refractivity contribution in [3.8, 4) is 0 Å². The molecular weight excluding hydrogens is 324 g/mol. The number of aliphatic imine (C=N–C) groups is 1. The maximum Gasteiger partial charge on any atom is 0.161 e. The monoisotopic (exact) mass is 350 g/mol. The van der Waals surface area contributed by atoms with Crippen molar-refractivity contribution in [1.82, 2.24) is 0 Å². The van der Waals surface area contributed by atoms with Crippen LogP contribution in [0.15, 0.2) is 72.0 Å². The molecule has 0 amide bonds. The number of para-hydroxylation sites is 1. The molecule has 0 bridgehead atoms. The number of amidine groups is 1. The van der Waals surface area contributed by atoms with Crippen molar-refractivity contribution < 1.29 is 15.3 Å². The molecule has 0 fully saturated rings. The first kappa shape index (κ1) is 22.0. The first-order chi connectivity index (χ1) is 11.3. The van der Waals surface area contributed by atoms with E-state index in [1.165, 1.54) is 0 Å². The van der Waals surface area contributed by atoms with Gasteiger partial charge in [0.25, 0.3) is 0 Å².